The van der Waals surface area contributed by atoms with Gasteiger partial charge in [-0.2, -0.15) is 13.2 Å². The van der Waals surface area contributed by atoms with Crippen LogP contribution in [0.2, 0.25) is 0 Å². The van der Waals surface area contributed by atoms with E-state index >= 15 is 0 Å². The van der Waals surface area contributed by atoms with Crippen molar-refractivity contribution in [3.63, 3.8) is 0 Å². The predicted octanol–water partition coefficient (Wildman–Crippen LogP) is 3.87. The molecule has 0 aliphatic heterocycles. The van der Waals surface area contributed by atoms with Gasteiger partial charge in [-0.1, -0.05) is 60.7 Å². The number of nitrogens with one attached hydrogen (secondary N) is 1. The van der Waals surface area contributed by atoms with Gasteiger partial charge in [-0.25, -0.2) is 0 Å². The Labute approximate surface area is 143 Å². The SMILES string of the molecule is O=C(/C=C(/c1ccccc1)C(F)(F)F)NC(CCO)c1ccccc1. The summed E-state index contributed by atoms with van der Waals surface area (Å²) >= 11 is 0. The van der Waals surface area contributed by atoms with Crippen LogP contribution in [0.3, 0.4) is 0 Å². The number of amides is 1. The lowest BCUT2D eigenvalue weighted by Crippen LogP contribution is -2.28. The Hall–Kier alpha value is -2.60. The van der Waals surface area contributed by atoms with Crippen LogP contribution in [0.15, 0.2) is 66.7 Å². The molecule has 2 N–H and O–H groups in total. The number of rotatable bonds is 6. The van der Waals surface area contributed by atoms with Crippen molar-refractivity contribution in [3.8, 4) is 0 Å². The van der Waals surface area contributed by atoms with Crippen molar-refractivity contribution in [3.05, 3.63) is 77.9 Å². The third-order valence-electron chi connectivity index (χ3n) is 3.60. The lowest BCUT2D eigenvalue weighted by Gasteiger charge is -2.18. The van der Waals surface area contributed by atoms with Crippen LogP contribution >= 0.6 is 0 Å². The van der Waals surface area contributed by atoms with Gasteiger partial charge in [-0.05, 0) is 17.5 Å². The second-order valence-corrected chi connectivity index (χ2v) is 5.41. The molecule has 0 saturated heterocycles. The number of carbonyl (C=O) groups excluding carboxylic acids is 1. The molecule has 0 aliphatic rings. The van der Waals surface area contributed by atoms with Crippen LogP contribution in [0.1, 0.15) is 23.6 Å². The number of carbonyl (C=O) groups is 1. The molecule has 0 spiro atoms. The van der Waals surface area contributed by atoms with E-state index in [0.717, 1.165) is 0 Å². The van der Waals surface area contributed by atoms with Gasteiger partial charge in [-0.3, -0.25) is 4.79 Å². The number of halogens is 3. The molecular weight excluding hydrogens is 331 g/mol. The smallest absolute Gasteiger partial charge is 0.396 e. The van der Waals surface area contributed by atoms with Crippen molar-refractivity contribution >= 4 is 11.5 Å². The molecule has 2 aromatic rings. The molecule has 3 nitrogen and oxygen atoms in total. The van der Waals surface area contributed by atoms with E-state index in [2.05, 4.69) is 5.32 Å². The molecule has 25 heavy (non-hydrogen) atoms. The summed E-state index contributed by atoms with van der Waals surface area (Å²) in [6.45, 7) is -0.200. The highest BCUT2D eigenvalue weighted by molar-refractivity contribution is 5.96. The first kappa shape index (κ1) is 18.7. The first-order valence-electron chi connectivity index (χ1n) is 7.72. The van der Waals surface area contributed by atoms with Crippen molar-refractivity contribution < 1.29 is 23.1 Å². The number of hydrogen-bond donors (Lipinski definition) is 2. The number of benzene rings is 2. The predicted molar refractivity (Wildman–Crippen MR) is 89.5 cm³/mol. The summed E-state index contributed by atoms with van der Waals surface area (Å²) in [7, 11) is 0. The molecule has 0 saturated carbocycles. The van der Waals surface area contributed by atoms with Crippen LogP contribution in [-0.4, -0.2) is 23.8 Å². The van der Waals surface area contributed by atoms with Gasteiger partial charge in [0, 0.05) is 12.7 Å². The summed E-state index contributed by atoms with van der Waals surface area (Å²) in [6, 6.07) is 15.4. The van der Waals surface area contributed by atoms with Crippen LogP contribution < -0.4 is 5.32 Å². The summed E-state index contributed by atoms with van der Waals surface area (Å²) in [6.07, 6.45) is -3.89. The van der Waals surface area contributed by atoms with Crippen LogP contribution in [0, 0.1) is 0 Å². The lowest BCUT2D eigenvalue weighted by atomic mass is 10.0. The molecule has 2 rings (SSSR count). The fraction of sp³-hybridized carbons (Fsp3) is 0.211. The van der Waals surface area contributed by atoms with Crippen LogP contribution in [-0.2, 0) is 4.79 Å². The highest BCUT2D eigenvalue weighted by Gasteiger charge is 2.35. The first-order chi connectivity index (χ1) is 11.9. The fourth-order valence-electron chi connectivity index (χ4n) is 2.43. The van der Waals surface area contributed by atoms with E-state index < -0.39 is 23.7 Å². The van der Waals surface area contributed by atoms with Crippen molar-refractivity contribution in [1.29, 1.82) is 0 Å². The van der Waals surface area contributed by atoms with Gasteiger partial charge in [-0.15, -0.1) is 0 Å². The topological polar surface area (TPSA) is 49.3 Å². The number of allylic oxidation sites excluding steroid dienone is 1. The standard InChI is InChI=1S/C19H18F3NO2/c20-19(21,22)16(14-7-3-1-4-8-14)13-18(25)23-17(11-12-24)15-9-5-2-6-10-15/h1-10,13,17,24H,11-12H2,(H,23,25)/b16-13-. The van der Waals surface area contributed by atoms with Gasteiger partial charge in [0.05, 0.1) is 11.6 Å². The zero-order chi connectivity index (χ0) is 18.3. The van der Waals surface area contributed by atoms with E-state index in [-0.39, 0.29) is 18.6 Å². The molecule has 0 heterocycles. The van der Waals surface area contributed by atoms with E-state index in [0.29, 0.717) is 11.6 Å². The van der Waals surface area contributed by atoms with E-state index in [9.17, 15) is 18.0 Å². The molecule has 0 aliphatic carbocycles. The molecule has 1 unspecified atom stereocenters. The van der Waals surface area contributed by atoms with Gasteiger partial charge >= 0.3 is 6.18 Å². The third-order valence-corrected chi connectivity index (χ3v) is 3.60. The minimum absolute atomic E-state index is 0.0800. The van der Waals surface area contributed by atoms with E-state index in [4.69, 9.17) is 5.11 Å². The van der Waals surface area contributed by atoms with Gasteiger partial charge in [0.1, 0.15) is 0 Å². The second kappa shape index (κ2) is 8.48. The maximum atomic E-state index is 13.3. The van der Waals surface area contributed by atoms with Crippen LogP contribution in [0.4, 0.5) is 13.2 Å². The average Bonchev–Trinajstić information content (AvgIpc) is 2.60. The maximum absolute atomic E-state index is 13.3. The summed E-state index contributed by atoms with van der Waals surface area (Å²) in [5.41, 5.74) is -0.378. The minimum atomic E-state index is -4.65. The normalized spacial score (nSPS) is 13.4. The van der Waals surface area contributed by atoms with Crippen molar-refractivity contribution in [1.82, 2.24) is 5.32 Å². The van der Waals surface area contributed by atoms with Crippen molar-refractivity contribution in [2.75, 3.05) is 6.61 Å². The molecule has 1 atom stereocenters. The monoisotopic (exact) mass is 349 g/mol. The Morgan fingerprint density at radius 3 is 2.12 bits per heavy atom. The van der Waals surface area contributed by atoms with Crippen LogP contribution in [0.25, 0.3) is 5.57 Å². The highest BCUT2D eigenvalue weighted by Crippen LogP contribution is 2.33. The molecule has 0 aromatic heterocycles. The van der Waals surface area contributed by atoms with E-state index in [1.807, 2.05) is 0 Å². The minimum Gasteiger partial charge on any atom is -0.396 e. The number of hydrogen-bond acceptors (Lipinski definition) is 2. The summed E-state index contributed by atoms with van der Waals surface area (Å²) in [5, 5.41) is 11.7. The zero-order valence-electron chi connectivity index (χ0n) is 13.3. The van der Waals surface area contributed by atoms with E-state index in [1.165, 1.54) is 24.3 Å². The lowest BCUT2D eigenvalue weighted by molar-refractivity contribution is -0.117. The molecule has 0 radical (unpaired) electrons. The van der Waals surface area contributed by atoms with Gasteiger partial charge < -0.3 is 10.4 Å². The van der Waals surface area contributed by atoms with E-state index in [1.54, 1.807) is 36.4 Å². The fourth-order valence-corrected chi connectivity index (χ4v) is 2.43. The van der Waals surface area contributed by atoms with Gasteiger partial charge in [0.15, 0.2) is 0 Å². The largest absolute Gasteiger partial charge is 0.417 e. The van der Waals surface area contributed by atoms with Gasteiger partial charge in [0.2, 0.25) is 5.91 Å². The summed E-state index contributed by atoms with van der Waals surface area (Å²) in [4.78, 5) is 12.2. The average molecular weight is 349 g/mol. The Morgan fingerprint density at radius 1 is 1.04 bits per heavy atom. The zero-order valence-corrected chi connectivity index (χ0v) is 13.3. The second-order valence-electron chi connectivity index (χ2n) is 5.41. The maximum Gasteiger partial charge on any atom is 0.417 e. The summed E-state index contributed by atoms with van der Waals surface area (Å²) in [5.74, 6) is -0.863. The highest BCUT2D eigenvalue weighted by atomic mass is 19.4. The van der Waals surface area contributed by atoms with Crippen LogP contribution in [0.5, 0.6) is 0 Å². The molecule has 0 bridgehead atoms. The summed E-state index contributed by atoms with van der Waals surface area (Å²) < 4.78 is 39.9. The Kier molecular flexibility index (Phi) is 6.36. The van der Waals surface area contributed by atoms with Gasteiger partial charge in [0.25, 0.3) is 0 Å². The molecule has 0 fully saturated rings. The Morgan fingerprint density at radius 2 is 1.60 bits per heavy atom. The Bertz CT molecular complexity index is 712. The quantitative estimate of drug-likeness (QED) is 0.778. The first-order valence-corrected chi connectivity index (χ1v) is 7.72. The Balaban J connectivity index is 2.25. The molecule has 1 amide bonds. The third kappa shape index (κ3) is 5.46. The number of aliphatic hydroxyl groups excluding tert-OH is 1. The molecule has 132 valence electrons. The molecule has 2 aromatic carbocycles. The van der Waals surface area contributed by atoms with Crippen molar-refractivity contribution in [2.45, 2.75) is 18.6 Å². The number of aliphatic hydroxyl groups is 1. The molecular formula is C19H18F3NO2. The molecule has 6 heteroatoms. The van der Waals surface area contributed by atoms with Crippen molar-refractivity contribution in [2.24, 2.45) is 0 Å². The number of alkyl halides is 3.